The maximum Gasteiger partial charge on any atom is 0.118 e. The van der Waals surface area contributed by atoms with Gasteiger partial charge in [0.1, 0.15) is 11.8 Å². The highest BCUT2D eigenvalue weighted by Crippen LogP contribution is 2.08. The van der Waals surface area contributed by atoms with Crippen LogP contribution in [0.25, 0.3) is 0 Å². The Balaban J connectivity index is 2.86. The molecule has 1 rings (SSSR count). The summed E-state index contributed by atoms with van der Waals surface area (Å²) < 4.78 is 3.28. The minimum Gasteiger partial charge on any atom is -0.239 e. The quantitative estimate of drug-likeness (QED) is 0.628. The van der Waals surface area contributed by atoms with E-state index in [4.69, 9.17) is 0 Å². The molecule has 5 heteroatoms. The molecule has 1 aromatic rings. The topological polar surface area (TPSA) is 30.7 Å². The second-order valence-electron chi connectivity index (χ2n) is 4.56. The van der Waals surface area contributed by atoms with Crippen LogP contribution in [-0.4, -0.2) is 23.1 Å². The highest BCUT2D eigenvalue weighted by molar-refractivity contribution is 14.1. The van der Waals surface area contributed by atoms with Gasteiger partial charge in [0.25, 0.3) is 0 Å². The van der Waals surface area contributed by atoms with Crippen LogP contribution in [0.1, 0.15) is 19.8 Å². The van der Waals surface area contributed by atoms with E-state index in [1.807, 2.05) is 4.68 Å². The molecular formula is C9H18IN3Si. The van der Waals surface area contributed by atoms with Crippen molar-refractivity contribution in [2.45, 2.75) is 46.0 Å². The highest BCUT2D eigenvalue weighted by atomic mass is 127. The van der Waals surface area contributed by atoms with Gasteiger partial charge in [-0.2, -0.15) is 0 Å². The first kappa shape index (κ1) is 12.2. The Morgan fingerprint density at radius 1 is 1.36 bits per heavy atom. The molecule has 0 fully saturated rings. The summed E-state index contributed by atoms with van der Waals surface area (Å²) in [6, 6.07) is 0. The van der Waals surface area contributed by atoms with Gasteiger partial charge in [0.2, 0.25) is 0 Å². The molecular weight excluding hydrogens is 305 g/mol. The first-order valence-corrected chi connectivity index (χ1v) is 9.64. The van der Waals surface area contributed by atoms with E-state index < -0.39 is 8.07 Å². The molecule has 0 atom stereocenters. The van der Waals surface area contributed by atoms with Gasteiger partial charge in [-0.25, -0.2) is 4.68 Å². The van der Waals surface area contributed by atoms with Crippen molar-refractivity contribution in [1.29, 1.82) is 0 Å². The summed E-state index contributed by atoms with van der Waals surface area (Å²) in [6.45, 7) is 10.1. The zero-order valence-electron chi connectivity index (χ0n) is 9.34. The monoisotopic (exact) mass is 323 g/mol. The Kier molecular flexibility index (Phi) is 4.11. The number of hydrogen-bond acceptors (Lipinski definition) is 2. The molecule has 0 N–H and O–H groups in total. The molecule has 0 bridgehead atoms. The Labute approximate surface area is 100 Å². The second-order valence-corrected chi connectivity index (χ2v) is 10.6. The Bertz CT molecular complexity index is 303. The SMILES string of the molecule is CCCCn1nnc([Si](C)(C)C)c1I. The fourth-order valence-corrected chi connectivity index (χ4v) is 5.18. The maximum absolute atomic E-state index is 4.31. The van der Waals surface area contributed by atoms with Crippen molar-refractivity contribution in [2.75, 3.05) is 0 Å². The fraction of sp³-hybridized carbons (Fsp3) is 0.778. The summed E-state index contributed by atoms with van der Waals surface area (Å²) in [5.41, 5.74) is 0. The first-order valence-electron chi connectivity index (χ1n) is 5.06. The van der Waals surface area contributed by atoms with Gasteiger partial charge in [0.15, 0.2) is 0 Å². The lowest BCUT2D eigenvalue weighted by atomic mass is 10.3. The van der Waals surface area contributed by atoms with E-state index in [0.717, 1.165) is 6.54 Å². The molecule has 0 saturated carbocycles. The summed E-state index contributed by atoms with van der Waals surface area (Å²) in [4.78, 5) is 0. The van der Waals surface area contributed by atoms with Crippen LogP contribution < -0.4 is 5.32 Å². The molecule has 0 aliphatic carbocycles. The van der Waals surface area contributed by atoms with E-state index in [-0.39, 0.29) is 0 Å². The number of unbranched alkanes of at least 4 members (excludes halogenated alkanes) is 1. The van der Waals surface area contributed by atoms with Crippen LogP contribution >= 0.6 is 22.6 Å². The Morgan fingerprint density at radius 3 is 2.43 bits per heavy atom. The molecule has 0 saturated heterocycles. The molecule has 3 nitrogen and oxygen atoms in total. The Hall–Kier alpha value is 0.0869. The third-order valence-corrected chi connectivity index (χ3v) is 5.44. The number of halogens is 1. The Morgan fingerprint density at radius 2 is 2.00 bits per heavy atom. The van der Waals surface area contributed by atoms with Crippen LogP contribution in [0.4, 0.5) is 0 Å². The fourth-order valence-electron chi connectivity index (χ4n) is 1.21. The van der Waals surface area contributed by atoms with Gasteiger partial charge in [-0.1, -0.05) is 38.2 Å². The standard InChI is InChI=1S/C9H18IN3Si/c1-5-6-7-13-8(10)9(11-12-13)14(2,3)4/h5-7H2,1-4H3. The summed E-state index contributed by atoms with van der Waals surface area (Å²) in [5.74, 6) is 0. The molecule has 0 aliphatic rings. The van der Waals surface area contributed by atoms with Gasteiger partial charge in [0.05, 0.1) is 5.32 Å². The molecule has 0 aromatic carbocycles. The van der Waals surface area contributed by atoms with Gasteiger partial charge in [-0.05, 0) is 29.0 Å². The lowest BCUT2D eigenvalue weighted by molar-refractivity contribution is 0.543. The molecule has 0 radical (unpaired) electrons. The largest absolute Gasteiger partial charge is 0.239 e. The summed E-state index contributed by atoms with van der Waals surface area (Å²) in [5, 5.41) is 9.77. The van der Waals surface area contributed by atoms with E-state index in [2.05, 4.69) is 59.5 Å². The minimum absolute atomic E-state index is 1.01. The highest BCUT2D eigenvalue weighted by Gasteiger charge is 2.24. The number of nitrogens with zero attached hydrogens (tertiary/aromatic N) is 3. The van der Waals surface area contributed by atoms with Crippen LogP contribution in [0, 0.1) is 3.70 Å². The van der Waals surface area contributed by atoms with Crippen molar-refractivity contribution in [3.05, 3.63) is 3.70 Å². The van der Waals surface area contributed by atoms with Gasteiger partial charge in [-0.15, -0.1) is 5.10 Å². The molecule has 80 valence electrons. The third kappa shape index (κ3) is 2.79. The molecule has 0 aliphatic heterocycles. The number of aryl methyl sites for hydroxylation is 1. The van der Waals surface area contributed by atoms with Crippen LogP contribution in [0.15, 0.2) is 0 Å². The van der Waals surface area contributed by atoms with Gasteiger partial charge in [0, 0.05) is 6.54 Å². The van der Waals surface area contributed by atoms with Crippen LogP contribution in [0.5, 0.6) is 0 Å². The number of hydrogen-bond donors (Lipinski definition) is 0. The molecule has 0 spiro atoms. The molecule has 0 unspecified atom stereocenters. The lowest BCUT2D eigenvalue weighted by Crippen LogP contribution is -2.41. The van der Waals surface area contributed by atoms with Crippen LogP contribution in [0.3, 0.4) is 0 Å². The molecule has 1 heterocycles. The predicted molar refractivity (Wildman–Crippen MR) is 70.6 cm³/mol. The first-order chi connectivity index (χ1) is 6.46. The van der Waals surface area contributed by atoms with Crippen LogP contribution in [-0.2, 0) is 6.54 Å². The van der Waals surface area contributed by atoms with Crippen LogP contribution in [0.2, 0.25) is 19.6 Å². The third-order valence-electron chi connectivity index (χ3n) is 2.11. The molecule has 0 amide bonds. The summed E-state index contributed by atoms with van der Waals surface area (Å²) in [7, 11) is -1.30. The van der Waals surface area contributed by atoms with E-state index in [1.165, 1.54) is 21.9 Å². The summed E-state index contributed by atoms with van der Waals surface area (Å²) in [6.07, 6.45) is 2.39. The van der Waals surface area contributed by atoms with Crippen molar-refractivity contribution in [2.24, 2.45) is 0 Å². The van der Waals surface area contributed by atoms with E-state index in [0.29, 0.717) is 0 Å². The second kappa shape index (κ2) is 4.74. The van der Waals surface area contributed by atoms with E-state index in [9.17, 15) is 0 Å². The van der Waals surface area contributed by atoms with Gasteiger partial charge in [-0.3, -0.25) is 0 Å². The van der Waals surface area contributed by atoms with Crippen molar-refractivity contribution >= 4 is 36.0 Å². The number of aromatic nitrogens is 3. The zero-order chi connectivity index (χ0) is 10.8. The maximum atomic E-state index is 4.31. The predicted octanol–water partition coefficient (Wildman–Crippen LogP) is 2.23. The van der Waals surface area contributed by atoms with Gasteiger partial charge >= 0.3 is 0 Å². The minimum atomic E-state index is -1.30. The zero-order valence-corrected chi connectivity index (χ0v) is 12.5. The number of rotatable bonds is 4. The summed E-state index contributed by atoms with van der Waals surface area (Å²) >= 11 is 2.37. The molecule has 1 aromatic heterocycles. The smallest absolute Gasteiger partial charge is 0.118 e. The van der Waals surface area contributed by atoms with Crippen molar-refractivity contribution in [1.82, 2.24) is 15.0 Å². The van der Waals surface area contributed by atoms with Gasteiger partial charge < -0.3 is 0 Å². The lowest BCUT2D eigenvalue weighted by Gasteiger charge is -2.12. The average molecular weight is 323 g/mol. The van der Waals surface area contributed by atoms with Crippen molar-refractivity contribution in [3.63, 3.8) is 0 Å². The normalized spacial score (nSPS) is 12.1. The van der Waals surface area contributed by atoms with Crippen molar-refractivity contribution < 1.29 is 0 Å². The average Bonchev–Trinajstić information content (AvgIpc) is 2.42. The van der Waals surface area contributed by atoms with Crippen molar-refractivity contribution in [3.8, 4) is 0 Å². The molecule has 14 heavy (non-hydrogen) atoms. The van der Waals surface area contributed by atoms with E-state index in [1.54, 1.807) is 0 Å². The van der Waals surface area contributed by atoms with E-state index >= 15 is 0 Å².